The van der Waals surface area contributed by atoms with E-state index in [1.165, 1.54) is 12.1 Å². The molecule has 0 fully saturated rings. The Labute approximate surface area is 116 Å². The van der Waals surface area contributed by atoms with Gasteiger partial charge in [0.15, 0.2) is 5.76 Å². The van der Waals surface area contributed by atoms with Gasteiger partial charge in [0.2, 0.25) is 0 Å². The third-order valence-corrected chi connectivity index (χ3v) is 3.83. The van der Waals surface area contributed by atoms with Crippen molar-refractivity contribution >= 4 is 25.2 Å². The first-order valence-electron chi connectivity index (χ1n) is 5.69. The van der Waals surface area contributed by atoms with E-state index in [0.29, 0.717) is 10.6 Å². The molecule has 0 spiro atoms. The monoisotopic (exact) mass is 308 g/mol. The van der Waals surface area contributed by atoms with Crippen LogP contribution in [0, 0.1) is 0 Å². The van der Waals surface area contributed by atoms with Gasteiger partial charge >= 0.3 is 7.82 Å². The van der Waals surface area contributed by atoms with Crippen LogP contribution in [0.15, 0.2) is 30.6 Å². The van der Waals surface area contributed by atoms with Crippen molar-refractivity contribution in [3.8, 4) is 0 Å². The quantitative estimate of drug-likeness (QED) is 0.536. The molecule has 0 radical (unpaired) electrons. The highest BCUT2D eigenvalue weighted by molar-refractivity contribution is 7.48. The summed E-state index contributed by atoms with van der Waals surface area (Å²) in [6.45, 7) is 3.52. The molecule has 0 saturated carbocycles. The average Bonchev–Trinajstić information content (AvgIpc) is 2.38. The Bertz CT molecular complexity index is 465. The van der Waals surface area contributed by atoms with Crippen molar-refractivity contribution in [3.63, 3.8) is 0 Å². The number of halogens is 2. The first kappa shape index (κ1) is 16.2. The summed E-state index contributed by atoms with van der Waals surface area (Å²) in [6.07, 6.45) is 0.202. The molecular formula is C12H15ClFO4P. The Morgan fingerprint density at radius 2 is 1.79 bits per heavy atom. The van der Waals surface area contributed by atoms with Crippen molar-refractivity contribution < 1.29 is 22.5 Å². The highest BCUT2D eigenvalue weighted by Gasteiger charge is 2.29. The number of rotatable bonds is 7. The third kappa shape index (κ3) is 4.96. The Hall–Kier alpha value is -0.870. The Balaban J connectivity index is 2.92. The molecule has 0 N–H and O–H groups in total. The normalized spacial score (nSPS) is 12.5. The predicted molar refractivity (Wildman–Crippen MR) is 72.5 cm³/mol. The van der Waals surface area contributed by atoms with Crippen LogP contribution in [0.4, 0.5) is 4.39 Å². The fourth-order valence-corrected chi connectivity index (χ4v) is 2.60. The zero-order valence-corrected chi connectivity index (χ0v) is 12.3. The molecule has 0 aliphatic carbocycles. The van der Waals surface area contributed by atoms with Crippen LogP contribution in [-0.2, 0) is 18.1 Å². The summed E-state index contributed by atoms with van der Waals surface area (Å²) in [5, 5.41) is 0.500. The number of benzene rings is 1. The van der Waals surface area contributed by atoms with Gasteiger partial charge in [-0.05, 0) is 38.1 Å². The van der Waals surface area contributed by atoms with Gasteiger partial charge in [0.1, 0.15) is 6.33 Å². The van der Waals surface area contributed by atoms with Crippen molar-refractivity contribution in [2.45, 2.75) is 13.8 Å². The van der Waals surface area contributed by atoms with E-state index in [9.17, 15) is 8.96 Å². The van der Waals surface area contributed by atoms with Gasteiger partial charge in [0.05, 0.1) is 13.2 Å². The summed E-state index contributed by atoms with van der Waals surface area (Å²) in [6, 6.07) is 6.21. The summed E-state index contributed by atoms with van der Waals surface area (Å²) >= 11 is 5.73. The number of hydrogen-bond donors (Lipinski definition) is 0. The molecule has 19 heavy (non-hydrogen) atoms. The Morgan fingerprint density at radius 1 is 1.26 bits per heavy atom. The maximum atomic E-state index is 12.9. The largest absolute Gasteiger partial charge is 0.530 e. The smallest absolute Gasteiger partial charge is 0.401 e. The first-order chi connectivity index (χ1) is 9.04. The van der Waals surface area contributed by atoms with E-state index in [0.717, 1.165) is 0 Å². The van der Waals surface area contributed by atoms with E-state index < -0.39 is 7.82 Å². The molecule has 0 bridgehead atoms. The molecule has 0 aliphatic heterocycles. The molecule has 0 atom stereocenters. The van der Waals surface area contributed by atoms with E-state index in [1.807, 2.05) is 0 Å². The number of phosphoric acid groups is 1. The molecule has 0 aliphatic rings. The third-order valence-electron chi connectivity index (χ3n) is 2.01. The lowest BCUT2D eigenvalue weighted by Gasteiger charge is -2.18. The van der Waals surface area contributed by atoms with Crippen LogP contribution in [0.5, 0.6) is 0 Å². The van der Waals surface area contributed by atoms with Gasteiger partial charge in [-0.15, -0.1) is 0 Å². The Morgan fingerprint density at radius 3 is 2.21 bits per heavy atom. The molecule has 1 aromatic rings. The first-order valence-corrected chi connectivity index (χ1v) is 7.53. The lowest BCUT2D eigenvalue weighted by molar-refractivity contribution is 0.159. The van der Waals surface area contributed by atoms with E-state index in [-0.39, 0.29) is 25.3 Å². The van der Waals surface area contributed by atoms with Crippen LogP contribution in [0.25, 0.3) is 5.76 Å². The zero-order chi connectivity index (χ0) is 14.3. The summed E-state index contributed by atoms with van der Waals surface area (Å²) in [5.41, 5.74) is 0.381. The minimum Gasteiger partial charge on any atom is -0.401 e. The topological polar surface area (TPSA) is 44.8 Å². The highest BCUT2D eigenvalue weighted by Crippen LogP contribution is 2.52. The minimum absolute atomic E-state index is 0.122. The summed E-state index contributed by atoms with van der Waals surface area (Å²) in [5.74, 6) is -0.234. The number of hydrogen-bond acceptors (Lipinski definition) is 4. The predicted octanol–water partition coefficient (Wildman–Crippen LogP) is 4.81. The van der Waals surface area contributed by atoms with Crippen molar-refractivity contribution in [1.29, 1.82) is 0 Å². The van der Waals surface area contributed by atoms with Crippen LogP contribution in [0.3, 0.4) is 0 Å². The SMILES string of the molecule is CCOP(=O)(OCC)O/C(=C\F)c1ccc(Cl)cc1. The molecule has 0 aromatic heterocycles. The molecule has 0 unspecified atom stereocenters. The van der Waals surface area contributed by atoms with Gasteiger partial charge < -0.3 is 4.52 Å². The lowest BCUT2D eigenvalue weighted by atomic mass is 10.2. The van der Waals surface area contributed by atoms with Gasteiger partial charge in [-0.3, -0.25) is 9.05 Å². The summed E-state index contributed by atoms with van der Waals surface area (Å²) in [7, 11) is -3.81. The van der Waals surface area contributed by atoms with Gasteiger partial charge in [0, 0.05) is 10.6 Å². The fraction of sp³-hybridized carbons (Fsp3) is 0.333. The van der Waals surface area contributed by atoms with Crippen LogP contribution < -0.4 is 0 Å². The average molecular weight is 309 g/mol. The zero-order valence-electron chi connectivity index (χ0n) is 10.6. The fourth-order valence-electron chi connectivity index (χ4n) is 1.28. The Kier molecular flexibility index (Phi) is 6.52. The van der Waals surface area contributed by atoms with E-state index in [4.69, 9.17) is 25.2 Å². The van der Waals surface area contributed by atoms with Crippen LogP contribution >= 0.6 is 19.4 Å². The number of phosphoric ester groups is 1. The standard InChI is InChI=1S/C12H15ClFO4P/c1-3-16-19(15,17-4-2)18-12(9-14)10-5-7-11(13)8-6-10/h5-9H,3-4H2,1-2H3/b12-9-. The second kappa shape index (κ2) is 7.65. The molecule has 0 saturated heterocycles. The summed E-state index contributed by atoms with van der Waals surface area (Å²) in [4.78, 5) is 0. The van der Waals surface area contributed by atoms with Gasteiger partial charge in [-0.1, -0.05) is 11.6 Å². The maximum Gasteiger partial charge on any atom is 0.530 e. The van der Waals surface area contributed by atoms with E-state index in [1.54, 1.807) is 26.0 Å². The van der Waals surface area contributed by atoms with Crippen molar-refractivity contribution in [1.82, 2.24) is 0 Å². The summed E-state index contributed by atoms with van der Waals surface area (Å²) < 4.78 is 39.9. The molecule has 7 heteroatoms. The van der Waals surface area contributed by atoms with E-state index >= 15 is 0 Å². The second-order valence-electron chi connectivity index (χ2n) is 3.35. The van der Waals surface area contributed by atoms with Crippen molar-refractivity contribution in [3.05, 3.63) is 41.2 Å². The molecule has 1 aromatic carbocycles. The van der Waals surface area contributed by atoms with Crippen LogP contribution in [0.1, 0.15) is 19.4 Å². The van der Waals surface area contributed by atoms with Gasteiger partial charge in [-0.2, -0.15) is 0 Å². The molecule has 0 amide bonds. The van der Waals surface area contributed by atoms with Crippen molar-refractivity contribution in [2.75, 3.05) is 13.2 Å². The maximum absolute atomic E-state index is 12.9. The van der Waals surface area contributed by atoms with Crippen LogP contribution in [0.2, 0.25) is 5.02 Å². The molecule has 106 valence electrons. The molecular weight excluding hydrogens is 294 g/mol. The highest BCUT2D eigenvalue weighted by atomic mass is 35.5. The second-order valence-corrected chi connectivity index (χ2v) is 5.38. The minimum atomic E-state index is -3.81. The molecule has 0 heterocycles. The molecule has 1 rings (SSSR count). The van der Waals surface area contributed by atoms with Crippen LogP contribution in [-0.4, -0.2) is 13.2 Å². The van der Waals surface area contributed by atoms with Crippen molar-refractivity contribution in [2.24, 2.45) is 0 Å². The van der Waals surface area contributed by atoms with E-state index in [2.05, 4.69) is 0 Å². The molecule has 4 nitrogen and oxygen atoms in total. The van der Waals surface area contributed by atoms with Gasteiger partial charge in [0.25, 0.3) is 0 Å². The van der Waals surface area contributed by atoms with Gasteiger partial charge in [-0.25, -0.2) is 8.96 Å². The lowest BCUT2D eigenvalue weighted by Crippen LogP contribution is -2.00.